The number of aliphatic hydroxyl groups is 1. The van der Waals surface area contributed by atoms with Gasteiger partial charge >= 0.3 is 0 Å². The number of rotatable bonds is 5. The molecule has 20 heavy (non-hydrogen) atoms. The van der Waals surface area contributed by atoms with Gasteiger partial charge in [-0.15, -0.1) is 0 Å². The predicted molar refractivity (Wildman–Crippen MR) is 74.6 cm³/mol. The molecule has 1 aliphatic heterocycles. The normalized spacial score (nSPS) is 16.6. The molecule has 0 bridgehead atoms. The maximum atomic E-state index is 10.2. The fraction of sp³-hybridized carbons (Fsp3) is 1.00. The molecule has 1 saturated heterocycles. The van der Waals surface area contributed by atoms with Crippen LogP contribution in [0.1, 0.15) is 26.7 Å². The van der Waals surface area contributed by atoms with Gasteiger partial charge in [0.25, 0.3) is 20.2 Å². The molecule has 1 rings (SSSR count). The number of hydrogen-bond donors (Lipinski definition) is 2. The zero-order chi connectivity index (χ0) is 16.1. The highest BCUT2D eigenvalue weighted by molar-refractivity contribution is 7.86. The van der Waals surface area contributed by atoms with Gasteiger partial charge in [0.05, 0.1) is 18.1 Å². The average molecular weight is 336 g/mol. The van der Waals surface area contributed by atoms with Gasteiger partial charge in [-0.25, -0.2) is 0 Å². The predicted octanol–water partition coefficient (Wildman–Crippen LogP) is 0.0359. The van der Waals surface area contributed by atoms with Crippen LogP contribution in [0.2, 0.25) is 0 Å². The second-order valence-electron chi connectivity index (χ2n) is 3.59. The summed E-state index contributed by atoms with van der Waals surface area (Å²) in [5, 5.41) is 7.57. The highest BCUT2D eigenvalue weighted by atomic mass is 32.2. The van der Waals surface area contributed by atoms with Crippen LogP contribution in [0.5, 0.6) is 0 Å². The van der Waals surface area contributed by atoms with Crippen molar-refractivity contribution < 1.29 is 35.4 Å². The third-order valence-corrected chi connectivity index (χ3v) is 3.82. The van der Waals surface area contributed by atoms with Crippen molar-refractivity contribution >= 4 is 20.2 Å². The Kier molecular flexibility index (Phi) is 13.7. The fourth-order valence-electron chi connectivity index (χ4n) is 0.968. The summed E-state index contributed by atoms with van der Waals surface area (Å²) in [4.78, 5) is 0. The van der Waals surface area contributed by atoms with Crippen LogP contribution < -0.4 is 0 Å². The molecule has 0 aromatic heterocycles. The summed E-state index contributed by atoms with van der Waals surface area (Å²) >= 11 is 0. The Morgan fingerprint density at radius 1 is 1.30 bits per heavy atom. The van der Waals surface area contributed by atoms with E-state index >= 15 is 0 Å². The maximum absolute atomic E-state index is 10.2. The first kappa shape index (κ1) is 22.0. The molecule has 0 radical (unpaired) electrons. The largest absolute Gasteiger partial charge is 0.397 e. The SMILES string of the molecule is CCO.CCOCCCS(=O)(=O)O.O=S1(=O)CCCO1. The van der Waals surface area contributed by atoms with Gasteiger partial charge in [0.1, 0.15) is 0 Å². The molecule has 0 aliphatic carbocycles. The molecular formula is C10H24O8S2. The molecule has 1 aliphatic rings. The Bertz CT molecular complexity index is 389. The first-order valence-corrected chi connectivity index (χ1v) is 9.38. The van der Waals surface area contributed by atoms with E-state index in [-0.39, 0.29) is 18.1 Å². The van der Waals surface area contributed by atoms with Crippen LogP contribution >= 0.6 is 0 Å². The Hall–Kier alpha value is -0.260. The highest BCUT2D eigenvalue weighted by Gasteiger charge is 2.16. The van der Waals surface area contributed by atoms with Gasteiger partial charge < -0.3 is 9.84 Å². The van der Waals surface area contributed by atoms with Crippen molar-refractivity contribution in [1.29, 1.82) is 0 Å². The summed E-state index contributed by atoms with van der Waals surface area (Å²) in [7, 11) is -6.83. The van der Waals surface area contributed by atoms with Gasteiger partial charge in [-0.05, 0) is 26.7 Å². The van der Waals surface area contributed by atoms with E-state index in [4.69, 9.17) is 14.4 Å². The topological polar surface area (TPSA) is 127 Å². The molecule has 0 aromatic rings. The standard InChI is InChI=1S/C5H12O4S.C3H6O3S.C2H6O/c1-2-9-4-3-5-10(6,7)8;4-7(5)3-1-2-6-7;1-2-3/h2-5H2,1H3,(H,6,7,8);1-3H2;3H,2H2,1H3. The van der Waals surface area contributed by atoms with Crippen LogP contribution in [0.15, 0.2) is 0 Å². The van der Waals surface area contributed by atoms with E-state index in [9.17, 15) is 16.8 Å². The third kappa shape index (κ3) is 20.1. The van der Waals surface area contributed by atoms with Crippen molar-refractivity contribution in [3.8, 4) is 0 Å². The zero-order valence-corrected chi connectivity index (χ0v) is 13.5. The zero-order valence-electron chi connectivity index (χ0n) is 11.8. The second-order valence-corrected chi connectivity index (χ2v) is 6.92. The van der Waals surface area contributed by atoms with Crippen LogP contribution in [0.3, 0.4) is 0 Å². The van der Waals surface area contributed by atoms with Crippen molar-refractivity contribution in [3.63, 3.8) is 0 Å². The summed E-state index contributed by atoms with van der Waals surface area (Å²) in [6, 6.07) is 0. The number of ether oxygens (including phenoxy) is 1. The molecule has 8 nitrogen and oxygen atoms in total. The van der Waals surface area contributed by atoms with Gasteiger partial charge in [0, 0.05) is 19.8 Å². The molecule has 0 unspecified atom stereocenters. The second kappa shape index (κ2) is 12.5. The van der Waals surface area contributed by atoms with E-state index in [0.717, 1.165) is 0 Å². The first-order chi connectivity index (χ1) is 9.18. The van der Waals surface area contributed by atoms with Gasteiger partial charge in [0.15, 0.2) is 0 Å². The quantitative estimate of drug-likeness (QED) is 0.409. The summed E-state index contributed by atoms with van der Waals surface area (Å²) in [6.45, 7) is 5.09. The van der Waals surface area contributed by atoms with Crippen molar-refractivity contribution in [2.24, 2.45) is 0 Å². The minimum Gasteiger partial charge on any atom is -0.397 e. The Balaban J connectivity index is 0. The van der Waals surface area contributed by atoms with E-state index in [1.807, 2.05) is 6.92 Å². The molecule has 10 heteroatoms. The van der Waals surface area contributed by atoms with Crippen molar-refractivity contribution in [1.82, 2.24) is 0 Å². The van der Waals surface area contributed by atoms with E-state index in [2.05, 4.69) is 4.18 Å². The van der Waals surface area contributed by atoms with Crippen LogP contribution in [-0.4, -0.2) is 64.4 Å². The molecular weight excluding hydrogens is 312 g/mol. The van der Waals surface area contributed by atoms with Crippen LogP contribution in [0.25, 0.3) is 0 Å². The Morgan fingerprint density at radius 2 is 1.85 bits per heavy atom. The lowest BCUT2D eigenvalue weighted by molar-refractivity contribution is 0.148. The van der Waals surface area contributed by atoms with Crippen molar-refractivity contribution in [3.05, 3.63) is 0 Å². The highest BCUT2D eigenvalue weighted by Crippen LogP contribution is 2.04. The van der Waals surface area contributed by atoms with E-state index in [1.54, 1.807) is 6.92 Å². The van der Waals surface area contributed by atoms with E-state index < -0.39 is 20.2 Å². The smallest absolute Gasteiger partial charge is 0.267 e. The molecule has 0 aromatic carbocycles. The van der Waals surface area contributed by atoms with E-state index in [0.29, 0.717) is 32.7 Å². The van der Waals surface area contributed by atoms with Gasteiger partial charge in [-0.1, -0.05) is 0 Å². The number of hydrogen-bond acceptors (Lipinski definition) is 7. The van der Waals surface area contributed by atoms with Gasteiger partial charge in [-0.3, -0.25) is 8.74 Å². The third-order valence-electron chi connectivity index (χ3n) is 1.70. The van der Waals surface area contributed by atoms with Crippen LogP contribution in [0.4, 0.5) is 0 Å². The minimum atomic E-state index is -3.78. The molecule has 0 spiro atoms. The molecule has 0 atom stereocenters. The average Bonchev–Trinajstić information content (AvgIpc) is 2.70. The van der Waals surface area contributed by atoms with Gasteiger partial charge in [-0.2, -0.15) is 16.8 Å². The monoisotopic (exact) mass is 336 g/mol. The van der Waals surface area contributed by atoms with Gasteiger partial charge in [0.2, 0.25) is 0 Å². The van der Waals surface area contributed by atoms with E-state index in [1.165, 1.54) is 0 Å². The molecule has 1 heterocycles. The maximum Gasteiger partial charge on any atom is 0.267 e. The molecule has 2 N–H and O–H groups in total. The molecule has 0 amide bonds. The van der Waals surface area contributed by atoms with Crippen LogP contribution in [-0.2, 0) is 29.2 Å². The first-order valence-electron chi connectivity index (χ1n) is 6.19. The molecule has 0 saturated carbocycles. The number of aliphatic hydroxyl groups excluding tert-OH is 1. The minimum absolute atomic E-state index is 0.201. The summed E-state index contributed by atoms with van der Waals surface area (Å²) in [6.07, 6.45) is 1.01. The fourth-order valence-corrected chi connectivity index (χ4v) is 2.41. The van der Waals surface area contributed by atoms with Crippen molar-refractivity contribution in [2.75, 3.05) is 37.9 Å². The lowest BCUT2D eigenvalue weighted by Gasteiger charge is -1.97. The molecule has 124 valence electrons. The molecule has 1 fully saturated rings. The Labute approximate surface area is 121 Å². The summed E-state index contributed by atoms with van der Waals surface area (Å²) in [5.74, 6) is -0.0139. The lowest BCUT2D eigenvalue weighted by Crippen LogP contribution is -2.06. The summed E-state index contributed by atoms with van der Waals surface area (Å²) < 4.78 is 58.0. The van der Waals surface area contributed by atoms with Crippen molar-refractivity contribution in [2.45, 2.75) is 26.7 Å². The summed E-state index contributed by atoms with van der Waals surface area (Å²) in [5.41, 5.74) is 0. The Morgan fingerprint density at radius 3 is 2.10 bits per heavy atom. The van der Waals surface area contributed by atoms with Crippen LogP contribution in [0, 0.1) is 0 Å². The lowest BCUT2D eigenvalue weighted by atomic mass is 10.5.